The van der Waals surface area contributed by atoms with Crippen molar-refractivity contribution in [1.29, 1.82) is 0 Å². The molecule has 0 aliphatic carbocycles. The summed E-state index contributed by atoms with van der Waals surface area (Å²) in [4.78, 5) is 15.3. The van der Waals surface area contributed by atoms with Gasteiger partial charge in [-0.05, 0) is 81.3 Å². The standard InChI is InChI=1S/C28H30ClN3O4S/c1-5-31-27-9-8-23(37(34,35)30-10-12-36-13-11-30)17-24(27)25(28(31)33)15-21-14-19(3)32(20(21)4)22-7-6-18(2)26(29)16-22/h6-9,14-17H,5,10-13H2,1-4H3. The average molecular weight is 540 g/mol. The Bertz CT molecular complexity index is 1530. The summed E-state index contributed by atoms with van der Waals surface area (Å²) >= 11 is 6.39. The van der Waals surface area contributed by atoms with E-state index in [1.807, 2.05) is 58.0 Å². The van der Waals surface area contributed by atoms with Crippen molar-refractivity contribution in [1.82, 2.24) is 8.87 Å². The van der Waals surface area contributed by atoms with Gasteiger partial charge in [-0.15, -0.1) is 0 Å². The van der Waals surface area contributed by atoms with Crippen molar-refractivity contribution in [3.05, 3.63) is 75.6 Å². The van der Waals surface area contributed by atoms with Crippen molar-refractivity contribution >= 4 is 44.9 Å². The topological polar surface area (TPSA) is 71.9 Å². The number of sulfonamides is 1. The molecular formula is C28H30ClN3O4S. The number of ether oxygens (including phenoxy) is 1. The summed E-state index contributed by atoms with van der Waals surface area (Å²) in [7, 11) is -3.70. The summed E-state index contributed by atoms with van der Waals surface area (Å²) in [6.07, 6.45) is 1.87. The number of nitrogens with zero attached hydrogens (tertiary/aromatic N) is 3. The first-order valence-electron chi connectivity index (χ1n) is 12.3. The Morgan fingerprint density at radius 3 is 2.43 bits per heavy atom. The van der Waals surface area contributed by atoms with E-state index in [9.17, 15) is 13.2 Å². The minimum atomic E-state index is -3.70. The third-order valence-corrected chi connectivity index (χ3v) is 9.43. The zero-order chi connectivity index (χ0) is 26.5. The van der Waals surface area contributed by atoms with E-state index in [1.165, 1.54) is 4.31 Å². The zero-order valence-electron chi connectivity index (χ0n) is 21.4. The maximum atomic E-state index is 13.5. The number of aryl methyl sites for hydroxylation is 2. The molecule has 0 unspecified atom stereocenters. The van der Waals surface area contributed by atoms with Crippen LogP contribution in [-0.2, 0) is 19.6 Å². The van der Waals surface area contributed by atoms with Gasteiger partial charge in [0.1, 0.15) is 0 Å². The molecule has 0 radical (unpaired) electrons. The van der Waals surface area contributed by atoms with E-state index in [1.54, 1.807) is 23.1 Å². The highest BCUT2D eigenvalue weighted by atomic mass is 35.5. The summed E-state index contributed by atoms with van der Waals surface area (Å²) in [5.74, 6) is -0.137. The van der Waals surface area contributed by atoms with Crippen LogP contribution in [0.5, 0.6) is 0 Å². The summed E-state index contributed by atoms with van der Waals surface area (Å²) in [5.41, 5.74) is 6.65. The van der Waals surface area contributed by atoms with Gasteiger partial charge >= 0.3 is 0 Å². The van der Waals surface area contributed by atoms with Crippen molar-refractivity contribution < 1.29 is 17.9 Å². The number of morpholine rings is 1. The van der Waals surface area contributed by atoms with Crippen molar-refractivity contribution in [3.8, 4) is 5.69 Å². The second-order valence-corrected chi connectivity index (χ2v) is 11.7. The molecular weight excluding hydrogens is 510 g/mol. The van der Waals surface area contributed by atoms with Gasteiger partial charge in [0.05, 0.1) is 23.8 Å². The van der Waals surface area contributed by atoms with E-state index in [2.05, 4.69) is 4.57 Å². The van der Waals surface area contributed by atoms with Gasteiger partial charge in [-0.1, -0.05) is 17.7 Å². The van der Waals surface area contributed by atoms with Crippen LogP contribution in [0.2, 0.25) is 5.02 Å². The number of hydrogen-bond acceptors (Lipinski definition) is 4. The Morgan fingerprint density at radius 1 is 1.03 bits per heavy atom. The number of carbonyl (C=O) groups excluding carboxylic acids is 1. The Hall–Kier alpha value is -2.91. The number of halogens is 1. The van der Waals surface area contributed by atoms with Gasteiger partial charge in [0, 0.05) is 52.9 Å². The molecule has 2 aromatic carbocycles. The minimum absolute atomic E-state index is 0.137. The monoisotopic (exact) mass is 539 g/mol. The molecule has 2 aliphatic heterocycles. The highest BCUT2D eigenvalue weighted by Crippen LogP contribution is 2.40. The number of carbonyl (C=O) groups is 1. The van der Waals surface area contributed by atoms with E-state index in [0.29, 0.717) is 49.0 Å². The van der Waals surface area contributed by atoms with Gasteiger partial charge in [-0.3, -0.25) is 4.79 Å². The number of amides is 1. The average Bonchev–Trinajstić information content (AvgIpc) is 3.32. The number of benzene rings is 2. The van der Waals surface area contributed by atoms with Crippen LogP contribution in [0.1, 0.15) is 35.0 Å². The molecule has 0 spiro atoms. The minimum Gasteiger partial charge on any atom is -0.379 e. The molecule has 0 atom stereocenters. The number of fused-ring (bicyclic) bond motifs is 1. The molecule has 1 amide bonds. The fourth-order valence-electron chi connectivity index (χ4n) is 5.09. The van der Waals surface area contributed by atoms with Crippen molar-refractivity contribution in [2.24, 2.45) is 0 Å². The van der Waals surface area contributed by atoms with Crippen LogP contribution in [0.25, 0.3) is 17.3 Å². The zero-order valence-corrected chi connectivity index (χ0v) is 23.0. The Morgan fingerprint density at radius 2 is 1.76 bits per heavy atom. The van der Waals surface area contributed by atoms with Gasteiger partial charge in [0.2, 0.25) is 10.0 Å². The van der Waals surface area contributed by atoms with Crippen molar-refractivity contribution in [3.63, 3.8) is 0 Å². The van der Waals surface area contributed by atoms with E-state index < -0.39 is 10.0 Å². The Labute approximate surface area is 223 Å². The highest BCUT2D eigenvalue weighted by Gasteiger charge is 2.34. The van der Waals surface area contributed by atoms with Crippen LogP contribution in [0.3, 0.4) is 0 Å². The maximum absolute atomic E-state index is 13.5. The molecule has 0 saturated carbocycles. The summed E-state index contributed by atoms with van der Waals surface area (Å²) in [5, 5.41) is 0.692. The van der Waals surface area contributed by atoms with Crippen molar-refractivity contribution in [2.45, 2.75) is 32.6 Å². The number of anilines is 1. The van der Waals surface area contributed by atoms with Crippen LogP contribution in [-0.4, -0.2) is 56.0 Å². The third-order valence-electron chi connectivity index (χ3n) is 7.13. The first-order valence-corrected chi connectivity index (χ1v) is 14.2. The largest absolute Gasteiger partial charge is 0.379 e. The lowest BCUT2D eigenvalue weighted by Gasteiger charge is -2.26. The molecule has 37 heavy (non-hydrogen) atoms. The van der Waals surface area contributed by atoms with E-state index >= 15 is 0 Å². The van der Waals surface area contributed by atoms with E-state index in [4.69, 9.17) is 16.3 Å². The molecule has 194 valence electrons. The molecule has 1 saturated heterocycles. The fraction of sp³-hybridized carbons (Fsp3) is 0.321. The summed E-state index contributed by atoms with van der Waals surface area (Å²) in [6, 6.07) is 12.9. The number of rotatable bonds is 5. The van der Waals surface area contributed by atoms with Gasteiger partial charge in [-0.2, -0.15) is 4.31 Å². The molecule has 5 rings (SSSR count). The fourth-order valence-corrected chi connectivity index (χ4v) is 6.70. The lowest BCUT2D eigenvalue weighted by Crippen LogP contribution is -2.40. The Balaban J connectivity index is 1.60. The third kappa shape index (κ3) is 4.42. The van der Waals surface area contributed by atoms with Crippen molar-refractivity contribution in [2.75, 3.05) is 37.7 Å². The molecule has 1 aromatic heterocycles. The van der Waals surface area contributed by atoms with Crippen LogP contribution >= 0.6 is 11.6 Å². The van der Waals surface area contributed by atoms with Gasteiger partial charge in [-0.25, -0.2) is 8.42 Å². The first kappa shape index (κ1) is 25.7. The Kier molecular flexibility index (Phi) is 6.79. The van der Waals surface area contributed by atoms with E-state index in [0.717, 1.165) is 33.9 Å². The molecule has 3 aromatic rings. The predicted octanol–water partition coefficient (Wildman–Crippen LogP) is 4.98. The lowest BCUT2D eigenvalue weighted by molar-refractivity contribution is -0.112. The number of likely N-dealkylation sites (N-methyl/N-ethyl adjacent to an activating group) is 1. The van der Waals surface area contributed by atoms with E-state index in [-0.39, 0.29) is 10.8 Å². The highest BCUT2D eigenvalue weighted by molar-refractivity contribution is 7.89. The smallest absolute Gasteiger partial charge is 0.258 e. The molecule has 0 N–H and O–H groups in total. The second kappa shape index (κ2) is 9.76. The SMILES string of the molecule is CCN1C(=O)C(=Cc2cc(C)n(-c3ccc(C)c(Cl)c3)c2C)c2cc(S(=O)(=O)N3CCOCC3)ccc21. The van der Waals surface area contributed by atoms with Gasteiger partial charge < -0.3 is 14.2 Å². The van der Waals surface area contributed by atoms with Crippen LogP contribution in [0, 0.1) is 20.8 Å². The van der Waals surface area contributed by atoms with Crippen LogP contribution in [0.4, 0.5) is 5.69 Å². The predicted molar refractivity (Wildman–Crippen MR) is 147 cm³/mol. The van der Waals surface area contributed by atoms with Crippen LogP contribution < -0.4 is 4.90 Å². The molecule has 0 bridgehead atoms. The number of aromatic nitrogens is 1. The summed E-state index contributed by atoms with van der Waals surface area (Å²) in [6.45, 7) is 9.76. The van der Waals surface area contributed by atoms with Gasteiger partial charge in [0.15, 0.2) is 0 Å². The normalized spacial score (nSPS) is 17.6. The molecule has 3 heterocycles. The van der Waals surface area contributed by atoms with Crippen LogP contribution in [0.15, 0.2) is 47.4 Å². The molecule has 9 heteroatoms. The molecule has 1 fully saturated rings. The molecule has 7 nitrogen and oxygen atoms in total. The lowest BCUT2D eigenvalue weighted by atomic mass is 10.0. The number of hydrogen-bond donors (Lipinski definition) is 0. The molecule has 2 aliphatic rings. The van der Waals surface area contributed by atoms with Gasteiger partial charge in [0.25, 0.3) is 5.91 Å². The quantitative estimate of drug-likeness (QED) is 0.428. The second-order valence-electron chi connectivity index (χ2n) is 9.40. The first-order chi connectivity index (χ1) is 17.6. The summed E-state index contributed by atoms with van der Waals surface area (Å²) < 4.78 is 35.5. The maximum Gasteiger partial charge on any atom is 0.258 e.